The van der Waals surface area contributed by atoms with E-state index in [0.29, 0.717) is 11.5 Å². The molecule has 20 heavy (non-hydrogen) atoms. The smallest absolute Gasteiger partial charge is 0.0315 e. The molecule has 2 unspecified atom stereocenters. The van der Waals surface area contributed by atoms with Crippen molar-refractivity contribution in [2.75, 3.05) is 18.0 Å². The van der Waals surface area contributed by atoms with E-state index in [1.165, 1.54) is 6.42 Å². The summed E-state index contributed by atoms with van der Waals surface area (Å²) in [4.78, 5) is 0. The van der Waals surface area contributed by atoms with Gasteiger partial charge in [-0.1, -0.05) is 20.8 Å². The first-order valence-corrected chi connectivity index (χ1v) is 7.22. The second-order valence-electron chi connectivity index (χ2n) is 7.19. The molecule has 1 aromatic rings. The van der Waals surface area contributed by atoms with Crippen LogP contribution in [0.15, 0.2) is 24.3 Å². The van der Waals surface area contributed by atoms with Crippen molar-refractivity contribution in [3.05, 3.63) is 24.3 Å². The summed E-state index contributed by atoms with van der Waals surface area (Å²) in [6.07, 6.45) is 3.44. The Bertz CT molecular complexity index is 392. The van der Waals surface area contributed by atoms with E-state index in [-0.39, 0.29) is 5.41 Å². The van der Waals surface area contributed by atoms with Gasteiger partial charge >= 0.3 is 0 Å². The minimum Gasteiger partial charge on any atom is -0.399 e. The number of hydrogen-bond acceptors (Lipinski definition) is 4. The maximum absolute atomic E-state index is 6.01. The van der Waals surface area contributed by atoms with Gasteiger partial charge in [0, 0.05) is 17.4 Å². The second kappa shape index (κ2) is 6.46. The van der Waals surface area contributed by atoms with Crippen molar-refractivity contribution in [2.45, 2.75) is 46.1 Å². The lowest BCUT2D eigenvalue weighted by atomic mass is 9.63. The molecule has 0 bridgehead atoms. The third kappa shape index (κ3) is 5.39. The van der Waals surface area contributed by atoms with Crippen LogP contribution in [0.4, 0.5) is 11.4 Å². The van der Waals surface area contributed by atoms with Crippen LogP contribution in [-0.2, 0) is 0 Å². The highest BCUT2D eigenvalue weighted by Gasteiger charge is 2.38. The Labute approximate surface area is 122 Å². The zero-order valence-corrected chi connectivity index (χ0v) is 13.0. The lowest BCUT2D eigenvalue weighted by Gasteiger charge is -2.45. The van der Waals surface area contributed by atoms with E-state index >= 15 is 0 Å². The summed E-state index contributed by atoms with van der Waals surface area (Å²) in [5.41, 5.74) is 24.7. The molecule has 0 spiro atoms. The molecular formula is C16H30N4. The van der Waals surface area contributed by atoms with Gasteiger partial charge in [0.15, 0.2) is 0 Å². The van der Waals surface area contributed by atoms with E-state index in [9.17, 15) is 0 Å². The molecule has 2 atom stereocenters. The topological polar surface area (TPSA) is 104 Å². The van der Waals surface area contributed by atoms with Crippen molar-refractivity contribution in [3.8, 4) is 0 Å². The fourth-order valence-electron chi connectivity index (χ4n) is 3.37. The standard InChI is InChI=1S/C10H22N2.C6H8N2/c1-9(2)4-8(12)5-10(3,6-9)7-11;7-5-1-2-6(8)4-3-5/h8H,4-7,11-12H2,1-3H3;1-4H,7-8H2. The van der Waals surface area contributed by atoms with Crippen molar-refractivity contribution < 1.29 is 0 Å². The van der Waals surface area contributed by atoms with Gasteiger partial charge in [0.2, 0.25) is 0 Å². The molecule has 0 saturated heterocycles. The Morgan fingerprint density at radius 1 is 1.00 bits per heavy atom. The average Bonchev–Trinajstić information content (AvgIpc) is 2.31. The summed E-state index contributed by atoms with van der Waals surface area (Å²) in [6, 6.07) is 7.44. The summed E-state index contributed by atoms with van der Waals surface area (Å²) in [5, 5.41) is 0. The van der Waals surface area contributed by atoms with Crippen molar-refractivity contribution in [1.82, 2.24) is 0 Å². The third-order valence-electron chi connectivity index (χ3n) is 3.90. The van der Waals surface area contributed by atoms with Crippen LogP contribution >= 0.6 is 0 Å². The average molecular weight is 278 g/mol. The van der Waals surface area contributed by atoms with Crippen LogP contribution in [0.5, 0.6) is 0 Å². The van der Waals surface area contributed by atoms with Crippen LogP contribution < -0.4 is 22.9 Å². The molecule has 0 aromatic heterocycles. The lowest BCUT2D eigenvalue weighted by Crippen LogP contribution is -2.45. The lowest BCUT2D eigenvalue weighted by molar-refractivity contribution is 0.0904. The van der Waals surface area contributed by atoms with Gasteiger partial charge in [-0.2, -0.15) is 0 Å². The first kappa shape index (κ1) is 16.8. The van der Waals surface area contributed by atoms with Crippen molar-refractivity contribution in [1.29, 1.82) is 0 Å². The molecule has 1 aliphatic rings. The van der Waals surface area contributed by atoms with E-state index in [0.717, 1.165) is 30.8 Å². The summed E-state index contributed by atoms with van der Waals surface area (Å²) >= 11 is 0. The third-order valence-corrected chi connectivity index (χ3v) is 3.90. The Balaban J connectivity index is 0.000000217. The SMILES string of the molecule is CC1(C)CC(N)CC(C)(CN)C1.Nc1ccc(N)cc1. The van der Waals surface area contributed by atoms with Gasteiger partial charge in [0.1, 0.15) is 0 Å². The van der Waals surface area contributed by atoms with Gasteiger partial charge in [0.25, 0.3) is 0 Å². The minimum atomic E-state index is 0.279. The molecule has 1 aromatic carbocycles. The van der Waals surface area contributed by atoms with Gasteiger partial charge in [-0.3, -0.25) is 0 Å². The quantitative estimate of drug-likeness (QED) is 0.592. The largest absolute Gasteiger partial charge is 0.399 e. The summed E-state index contributed by atoms with van der Waals surface area (Å²) < 4.78 is 0. The first-order valence-electron chi connectivity index (χ1n) is 7.22. The van der Waals surface area contributed by atoms with E-state index in [2.05, 4.69) is 20.8 Å². The zero-order chi connectivity index (χ0) is 15.4. The predicted molar refractivity (Wildman–Crippen MR) is 88.0 cm³/mol. The Kier molecular flexibility index (Phi) is 5.42. The van der Waals surface area contributed by atoms with Crippen molar-refractivity contribution in [2.24, 2.45) is 22.3 Å². The Morgan fingerprint density at radius 3 is 1.80 bits per heavy atom. The summed E-state index contributed by atoms with van der Waals surface area (Å²) in [6.45, 7) is 7.61. The van der Waals surface area contributed by atoms with Gasteiger partial charge in [-0.15, -0.1) is 0 Å². The fourth-order valence-corrected chi connectivity index (χ4v) is 3.37. The highest BCUT2D eigenvalue weighted by Crippen LogP contribution is 2.44. The van der Waals surface area contributed by atoms with E-state index in [4.69, 9.17) is 22.9 Å². The van der Waals surface area contributed by atoms with E-state index < -0.39 is 0 Å². The van der Waals surface area contributed by atoms with Crippen LogP contribution in [-0.4, -0.2) is 12.6 Å². The summed E-state index contributed by atoms with van der Waals surface area (Å²) in [7, 11) is 0. The van der Waals surface area contributed by atoms with Gasteiger partial charge in [0.05, 0.1) is 0 Å². The van der Waals surface area contributed by atoms with E-state index in [1.807, 2.05) is 0 Å². The molecular weight excluding hydrogens is 248 g/mol. The first-order chi connectivity index (χ1) is 9.16. The molecule has 0 heterocycles. The monoisotopic (exact) mass is 278 g/mol. The normalized spacial score (nSPS) is 28.4. The van der Waals surface area contributed by atoms with Crippen LogP contribution in [0, 0.1) is 10.8 Å². The molecule has 0 radical (unpaired) electrons. The van der Waals surface area contributed by atoms with Gasteiger partial charge in [-0.25, -0.2) is 0 Å². The predicted octanol–water partition coefficient (Wildman–Crippen LogP) is 2.34. The maximum Gasteiger partial charge on any atom is 0.0315 e. The van der Waals surface area contributed by atoms with Gasteiger partial charge < -0.3 is 22.9 Å². The van der Waals surface area contributed by atoms with Crippen molar-refractivity contribution >= 4 is 11.4 Å². The van der Waals surface area contributed by atoms with Crippen LogP contribution in [0.2, 0.25) is 0 Å². The molecule has 4 heteroatoms. The van der Waals surface area contributed by atoms with Crippen LogP contribution in [0.3, 0.4) is 0 Å². The molecule has 2 rings (SSSR count). The molecule has 8 N–H and O–H groups in total. The molecule has 1 aliphatic carbocycles. The van der Waals surface area contributed by atoms with Crippen LogP contribution in [0.25, 0.3) is 0 Å². The maximum atomic E-state index is 6.01. The number of nitrogens with two attached hydrogens (primary N) is 4. The Hall–Kier alpha value is -1.26. The Morgan fingerprint density at radius 2 is 1.45 bits per heavy atom. The highest BCUT2D eigenvalue weighted by atomic mass is 14.7. The van der Waals surface area contributed by atoms with Gasteiger partial charge in [-0.05, 0) is 60.9 Å². The number of rotatable bonds is 1. The zero-order valence-electron chi connectivity index (χ0n) is 13.0. The van der Waals surface area contributed by atoms with E-state index in [1.54, 1.807) is 24.3 Å². The van der Waals surface area contributed by atoms with Crippen LogP contribution in [0.1, 0.15) is 40.0 Å². The molecule has 1 fully saturated rings. The molecule has 0 amide bonds. The number of nitrogen functional groups attached to an aromatic ring is 2. The second-order valence-corrected chi connectivity index (χ2v) is 7.19. The fraction of sp³-hybridized carbons (Fsp3) is 0.625. The molecule has 114 valence electrons. The molecule has 0 aliphatic heterocycles. The summed E-state index contributed by atoms with van der Waals surface area (Å²) in [5.74, 6) is 0. The van der Waals surface area contributed by atoms with Crippen molar-refractivity contribution in [3.63, 3.8) is 0 Å². The minimum absolute atomic E-state index is 0.279. The highest BCUT2D eigenvalue weighted by molar-refractivity contribution is 5.47. The number of hydrogen-bond donors (Lipinski definition) is 4. The number of benzene rings is 1. The molecule has 1 saturated carbocycles. The molecule has 4 nitrogen and oxygen atoms in total. The number of anilines is 2.